The van der Waals surface area contributed by atoms with Crippen LogP contribution in [-0.4, -0.2) is 22.4 Å². The first-order chi connectivity index (χ1) is 13.6. The van der Waals surface area contributed by atoms with Gasteiger partial charge in [0.2, 0.25) is 0 Å². The number of halogens is 1. The van der Waals surface area contributed by atoms with Gasteiger partial charge in [0.1, 0.15) is 15.7 Å². The van der Waals surface area contributed by atoms with Crippen molar-refractivity contribution in [1.29, 1.82) is 0 Å². The molecule has 2 heterocycles. The van der Waals surface area contributed by atoms with Crippen molar-refractivity contribution in [2.45, 2.75) is 32.6 Å². The van der Waals surface area contributed by atoms with Crippen LogP contribution in [0.4, 0.5) is 9.52 Å². The second-order valence-corrected chi connectivity index (χ2v) is 8.78. The van der Waals surface area contributed by atoms with Gasteiger partial charge in [-0.15, -0.1) is 29.3 Å². The molecule has 0 spiro atoms. The van der Waals surface area contributed by atoms with Crippen LogP contribution in [0.25, 0.3) is 10.6 Å². The Bertz CT molecular complexity index is 999. The summed E-state index contributed by atoms with van der Waals surface area (Å²) >= 11 is 2.93. The van der Waals surface area contributed by atoms with E-state index >= 15 is 0 Å². The minimum Gasteiger partial charge on any atom is -0.279 e. The Hall–Kier alpha value is -2.38. The molecule has 1 amide bonds. The van der Waals surface area contributed by atoms with E-state index < -0.39 is 0 Å². The molecule has 0 fully saturated rings. The number of aromatic nitrogens is 2. The molecule has 0 saturated heterocycles. The summed E-state index contributed by atoms with van der Waals surface area (Å²) in [5.41, 5.74) is 2.60. The number of fused-ring (bicyclic) bond motifs is 1. The normalized spacial score (nSPS) is 13.2. The molecule has 0 N–H and O–H groups in total. The average molecular weight is 414 g/mol. The Morgan fingerprint density at radius 2 is 1.96 bits per heavy atom. The summed E-state index contributed by atoms with van der Waals surface area (Å²) in [6.07, 6.45) is 6.07. The zero-order valence-electron chi connectivity index (χ0n) is 15.6. The van der Waals surface area contributed by atoms with Crippen LogP contribution < -0.4 is 4.90 Å². The monoisotopic (exact) mass is 413 g/mol. The highest BCUT2D eigenvalue weighted by Gasteiger charge is 2.26. The number of amides is 1. The van der Waals surface area contributed by atoms with Crippen LogP contribution in [-0.2, 0) is 12.8 Å². The van der Waals surface area contributed by atoms with E-state index in [1.54, 1.807) is 34.4 Å². The van der Waals surface area contributed by atoms with Gasteiger partial charge in [0, 0.05) is 17.0 Å². The summed E-state index contributed by atoms with van der Waals surface area (Å²) < 4.78 is 13.2. The molecular formula is C21H20FN3OS2. The van der Waals surface area contributed by atoms with E-state index in [0.717, 1.165) is 35.7 Å². The van der Waals surface area contributed by atoms with Crippen LogP contribution in [0.3, 0.4) is 0 Å². The van der Waals surface area contributed by atoms with Gasteiger partial charge in [-0.05, 0) is 56.9 Å². The number of nitrogens with zero attached hydrogens (tertiary/aromatic N) is 3. The third-order valence-electron chi connectivity index (χ3n) is 4.70. The first-order valence-corrected chi connectivity index (χ1v) is 10.8. The Morgan fingerprint density at radius 1 is 1.21 bits per heavy atom. The number of hydrogen-bond acceptors (Lipinski definition) is 5. The second-order valence-electron chi connectivity index (χ2n) is 6.72. The number of hydrogen-bond donors (Lipinski definition) is 0. The molecule has 4 rings (SSSR count). The van der Waals surface area contributed by atoms with E-state index in [4.69, 9.17) is 4.98 Å². The van der Waals surface area contributed by atoms with E-state index in [-0.39, 0.29) is 11.7 Å². The van der Waals surface area contributed by atoms with Gasteiger partial charge < -0.3 is 0 Å². The van der Waals surface area contributed by atoms with Crippen molar-refractivity contribution in [3.05, 3.63) is 63.9 Å². The highest BCUT2D eigenvalue weighted by molar-refractivity contribution is 7.18. The summed E-state index contributed by atoms with van der Waals surface area (Å²) in [7, 11) is 0. The summed E-state index contributed by atoms with van der Waals surface area (Å²) in [6, 6.07) is 6.16. The van der Waals surface area contributed by atoms with Crippen molar-refractivity contribution in [3.63, 3.8) is 0 Å². The molecule has 0 atom stereocenters. The highest BCUT2D eigenvalue weighted by Crippen LogP contribution is 2.34. The molecule has 144 valence electrons. The zero-order valence-corrected chi connectivity index (χ0v) is 17.2. The Kier molecular flexibility index (Phi) is 5.37. The minimum absolute atomic E-state index is 0.116. The van der Waals surface area contributed by atoms with Gasteiger partial charge in [-0.2, -0.15) is 0 Å². The lowest BCUT2D eigenvalue weighted by molar-refractivity contribution is 0.0992. The maximum absolute atomic E-state index is 13.3. The van der Waals surface area contributed by atoms with Crippen LogP contribution in [0.15, 0.2) is 36.9 Å². The van der Waals surface area contributed by atoms with Gasteiger partial charge in [-0.3, -0.25) is 9.69 Å². The molecule has 0 radical (unpaired) electrons. The lowest BCUT2D eigenvalue weighted by Gasteiger charge is -2.17. The number of carbonyl (C=O) groups is 1. The van der Waals surface area contributed by atoms with Crippen molar-refractivity contribution in [1.82, 2.24) is 9.97 Å². The quantitative estimate of drug-likeness (QED) is 0.524. The summed E-state index contributed by atoms with van der Waals surface area (Å²) in [5.74, 6) is -0.410. The van der Waals surface area contributed by atoms with E-state index in [1.807, 2.05) is 6.92 Å². The fourth-order valence-electron chi connectivity index (χ4n) is 3.26. The molecule has 28 heavy (non-hydrogen) atoms. The number of thiazole rings is 2. The predicted octanol–water partition coefficient (Wildman–Crippen LogP) is 5.43. The number of anilines is 1. The fraction of sp³-hybridized carbons (Fsp3) is 0.286. The Labute approximate surface area is 171 Å². The van der Waals surface area contributed by atoms with E-state index in [1.165, 1.54) is 34.8 Å². The topological polar surface area (TPSA) is 46.1 Å². The van der Waals surface area contributed by atoms with Crippen LogP contribution in [0.2, 0.25) is 0 Å². The number of aryl methyl sites for hydroxylation is 3. The van der Waals surface area contributed by atoms with Crippen molar-refractivity contribution in [2.24, 2.45) is 0 Å². The van der Waals surface area contributed by atoms with Gasteiger partial charge >= 0.3 is 0 Å². The molecular weight excluding hydrogens is 393 g/mol. The maximum atomic E-state index is 13.3. The van der Waals surface area contributed by atoms with Crippen LogP contribution in [0.1, 0.15) is 38.8 Å². The molecule has 0 aliphatic heterocycles. The molecule has 1 aliphatic carbocycles. The first-order valence-electron chi connectivity index (χ1n) is 9.21. The van der Waals surface area contributed by atoms with Gasteiger partial charge in [-0.25, -0.2) is 14.4 Å². The van der Waals surface area contributed by atoms with Gasteiger partial charge in [0.15, 0.2) is 5.13 Å². The van der Waals surface area contributed by atoms with Crippen molar-refractivity contribution in [3.8, 4) is 10.6 Å². The molecule has 0 bridgehead atoms. The lowest BCUT2D eigenvalue weighted by atomic mass is 10.0. The zero-order chi connectivity index (χ0) is 19.7. The minimum atomic E-state index is -0.293. The Morgan fingerprint density at radius 3 is 2.68 bits per heavy atom. The van der Waals surface area contributed by atoms with Crippen LogP contribution in [0, 0.1) is 12.7 Å². The fourth-order valence-corrected chi connectivity index (χ4v) is 5.44. The molecule has 4 nitrogen and oxygen atoms in total. The molecule has 1 aromatic carbocycles. The molecule has 7 heteroatoms. The van der Waals surface area contributed by atoms with E-state index in [9.17, 15) is 9.18 Å². The van der Waals surface area contributed by atoms with Gasteiger partial charge in [0.25, 0.3) is 5.91 Å². The average Bonchev–Trinajstić information content (AvgIpc) is 3.29. The van der Waals surface area contributed by atoms with Crippen molar-refractivity contribution >= 4 is 33.7 Å². The predicted molar refractivity (Wildman–Crippen MR) is 113 cm³/mol. The number of rotatable bonds is 5. The summed E-state index contributed by atoms with van der Waals surface area (Å²) in [4.78, 5) is 26.2. The summed E-state index contributed by atoms with van der Waals surface area (Å²) in [5, 5.41) is 1.44. The number of benzene rings is 1. The van der Waals surface area contributed by atoms with Crippen molar-refractivity contribution < 1.29 is 9.18 Å². The SMILES string of the molecule is C=CCN(C(=O)c1sc(-c2ccc(F)cc2)nc1C)c1nc2c(s1)CCCC2. The maximum Gasteiger partial charge on any atom is 0.272 e. The van der Waals surface area contributed by atoms with Gasteiger partial charge in [0.05, 0.1) is 11.4 Å². The first kappa shape index (κ1) is 19.0. The van der Waals surface area contributed by atoms with E-state index in [2.05, 4.69) is 11.6 Å². The summed E-state index contributed by atoms with van der Waals surface area (Å²) in [6.45, 7) is 6.03. The van der Waals surface area contributed by atoms with Crippen LogP contribution >= 0.6 is 22.7 Å². The van der Waals surface area contributed by atoms with E-state index in [0.29, 0.717) is 22.1 Å². The lowest BCUT2D eigenvalue weighted by Crippen LogP contribution is -2.30. The largest absolute Gasteiger partial charge is 0.279 e. The Balaban J connectivity index is 1.67. The highest BCUT2D eigenvalue weighted by atomic mass is 32.1. The molecule has 1 aliphatic rings. The molecule has 2 aromatic heterocycles. The third kappa shape index (κ3) is 3.64. The number of carbonyl (C=O) groups excluding carboxylic acids is 1. The molecule has 0 saturated carbocycles. The van der Waals surface area contributed by atoms with Gasteiger partial charge in [-0.1, -0.05) is 6.08 Å². The molecule has 3 aromatic rings. The van der Waals surface area contributed by atoms with Crippen LogP contribution in [0.5, 0.6) is 0 Å². The van der Waals surface area contributed by atoms with Crippen molar-refractivity contribution in [2.75, 3.05) is 11.4 Å². The standard InChI is InChI=1S/C21H20FN3OS2/c1-3-12-25(21-24-16-6-4-5-7-17(16)27-21)20(26)18-13(2)23-19(28-18)14-8-10-15(22)11-9-14/h3,8-11H,1,4-7,12H2,2H3. The molecule has 0 unspecified atom stereocenters. The third-order valence-corrected chi connectivity index (χ3v) is 7.08. The smallest absolute Gasteiger partial charge is 0.272 e. The second kappa shape index (κ2) is 7.93.